The van der Waals surface area contributed by atoms with Crippen LogP contribution in [0, 0.1) is 5.82 Å². The highest BCUT2D eigenvalue weighted by molar-refractivity contribution is 6.58. The molecule has 102 valence electrons. The maximum absolute atomic E-state index is 13.9. The van der Waals surface area contributed by atoms with E-state index in [1.807, 2.05) is 0 Å². The third kappa shape index (κ3) is 3.16. The van der Waals surface area contributed by atoms with Gasteiger partial charge in [-0.2, -0.15) is 0 Å². The van der Waals surface area contributed by atoms with Gasteiger partial charge in [-0.15, -0.1) is 0 Å². The molecule has 0 unspecified atom stereocenters. The van der Waals surface area contributed by atoms with Gasteiger partial charge in [-0.05, 0) is 30.3 Å². The van der Waals surface area contributed by atoms with Gasteiger partial charge in [-0.25, -0.2) is 4.39 Å². The van der Waals surface area contributed by atoms with Gasteiger partial charge in [0, 0.05) is 16.2 Å². The van der Waals surface area contributed by atoms with Gasteiger partial charge in [0.05, 0.1) is 5.56 Å². The number of anilines is 1. The van der Waals surface area contributed by atoms with Gasteiger partial charge in [0.1, 0.15) is 5.82 Å². The summed E-state index contributed by atoms with van der Waals surface area (Å²) in [6.07, 6.45) is 0. The topological polar surface area (TPSA) is 69.6 Å². The van der Waals surface area contributed by atoms with Crippen molar-refractivity contribution in [3.63, 3.8) is 0 Å². The summed E-state index contributed by atoms with van der Waals surface area (Å²) in [6.45, 7) is 0. The van der Waals surface area contributed by atoms with Gasteiger partial charge in [0.15, 0.2) is 0 Å². The number of rotatable bonds is 3. The summed E-state index contributed by atoms with van der Waals surface area (Å²) in [7, 11) is -1.97. The molecule has 3 N–H and O–H groups in total. The number of benzene rings is 2. The van der Waals surface area contributed by atoms with Crippen molar-refractivity contribution in [3.8, 4) is 0 Å². The minimum Gasteiger partial charge on any atom is -0.423 e. The first kappa shape index (κ1) is 14.5. The van der Waals surface area contributed by atoms with Crippen LogP contribution in [0.15, 0.2) is 42.5 Å². The Kier molecular flexibility index (Phi) is 4.39. The van der Waals surface area contributed by atoms with Crippen LogP contribution in [0.3, 0.4) is 0 Å². The molecule has 0 bridgehead atoms. The number of halogens is 2. The fourth-order valence-corrected chi connectivity index (χ4v) is 1.78. The molecule has 0 aliphatic carbocycles. The number of carbonyl (C=O) groups is 1. The van der Waals surface area contributed by atoms with E-state index < -0.39 is 18.8 Å². The maximum Gasteiger partial charge on any atom is 0.491 e. The third-order valence-corrected chi connectivity index (χ3v) is 2.91. The molecule has 0 saturated carbocycles. The largest absolute Gasteiger partial charge is 0.491 e. The van der Waals surface area contributed by atoms with Crippen LogP contribution in [-0.4, -0.2) is 23.1 Å². The van der Waals surface area contributed by atoms with E-state index in [-0.39, 0.29) is 11.0 Å². The summed E-state index contributed by atoms with van der Waals surface area (Å²) >= 11 is 5.72. The van der Waals surface area contributed by atoms with Gasteiger partial charge < -0.3 is 15.4 Å². The van der Waals surface area contributed by atoms with Crippen LogP contribution in [0.5, 0.6) is 0 Å². The van der Waals surface area contributed by atoms with Crippen molar-refractivity contribution in [3.05, 3.63) is 58.9 Å². The van der Waals surface area contributed by atoms with Crippen LogP contribution < -0.4 is 10.8 Å². The Bertz CT molecular complexity index is 634. The van der Waals surface area contributed by atoms with Crippen molar-refractivity contribution in [1.82, 2.24) is 0 Å². The Balaban J connectivity index is 2.25. The molecule has 1 amide bonds. The van der Waals surface area contributed by atoms with E-state index in [1.165, 1.54) is 18.2 Å². The van der Waals surface area contributed by atoms with Crippen LogP contribution in [0.2, 0.25) is 5.02 Å². The van der Waals surface area contributed by atoms with Gasteiger partial charge >= 0.3 is 7.12 Å². The molecule has 4 nitrogen and oxygen atoms in total. The molecular weight excluding hydrogens is 283 g/mol. The van der Waals surface area contributed by atoms with Crippen molar-refractivity contribution in [2.45, 2.75) is 0 Å². The maximum atomic E-state index is 13.9. The Morgan fingerprint density at radius 2 is 1.80 bits per heavy atom. The zero-order valence-electron chi connectivity index (χ0n) is 10.2. The predicted molar refractivity (Wildman–Crippen MR) is 75.6 cm³/mol. The Hall–Kier alpha value is -1.89. The minimum atomic E-state index is -1.97. The summed E-state index contributed by atoms with van der Waals surface area (Å²) in [5, 5.41) is 21.0. The van der Waals surface area contributed by atoms with Crippen LogP contribution in [-0.2, 0) is 0 Å². The molecule has 0 atom stereocenters. The monoisotopic (exact) mass is 293 g/mol. The summed E-state index contributed by atoms with van der Waals surface area (Å²) in [5.41, 5.74) is -0.173. The van der Waals surface area contributed by atoms with Crippen LogP contribution in [0.4, 0.5) is 10.1 Å². The van der Waals surface area contributed by atoms with Gasteiger partial charge in [0.2, 0.25) is 0 Å². The minimum absolute atomic E-state index is 0.273. The van der Waals surface area contributed by atoms with Crippen LogP contribution >= 0.6 is 11.6 Å². The zero-order valence-corrected chi connectivity index (χ0v) is 10.9. The fraction of sp³-hybridized carbons (Fsp3) is 0. The molecule has 0 radical (unpaired) electrons. The van der Waals surface area contributed by atoms with E-state index in [4.69, 9.17) is 21.6 Å². The van der Waals surface area contributed by atoms with Gasteiger partial charge in [-0.3, -0.25) is 4.79 Å². The Morgan fingerprint density at radius 3 is 2.40 bits per heavy atom. The lowest BCUT2D eigenvalue weighted by Crippen LogP contribution is -2.34. The molecule has 0 spiro atoms. The van der Waals surface area contributed by atoms with E-state index in [0.29, 0.717) is 10.7 Å². The molecule has 2 rings (SSSR count). The third-order valence-electron chi connectivity index (χ3n) is 2.65. The van der Waals surface area contributed by atoms with Crippen LogP contribution in [0.25, 0.3) is 0 Å². The normalized spacial score (nSPS) is 10.2. The van der Waals surface area contributed by atoms with E-state index >= 15 is 0 Å². The first-order chi connectivity index (χ1) is 9.49. The molecule has 0 heterocycles. The molecule has 0 fully saturated rings. The molecule has 20 heavy (non-hydrogen) atoms. The number of carbonyl (C=O) groups excluding carboxylic acids is 1. The molecule has 0 aliphatic heterocycles. The molecule has 0 saturated heterocycles. The van der Waals surface area contributed by atoms with Crippen molar-refractivity contribution in [2.24, 2.45) is 0 Å². The summed E-state index contributed by atoms with van der Waals surface area (Å²) < 4.78 is 13.9. The first-order valence-electron chi connectivity index (χ1n) is 5.70. The van der Waals surface area contributed by atoms with E-state index in [9.17, 15) is 9.18 Å². The highest BCUT2D eigenvalue weighted by Crippen LogP contribution is 2.15. The summed E-state index contributed by atoms with van der Waals surface area (Å²) in [6, 6.07) is 10.1. The predicted octanol–water partition coefficient (Wildman–Crippen LogP) is 1.41. The number of nitrogens with one attached hydrogen (secondary N) is 1. The lowest BCUT2D eigenvalue weighted by Gasteiger charge is -2.09. The van der Waals surface area contributed by atoms with E-state index in [2.05, 4.69) is 5.32 Å². The lowest BCUT2D eigenvalue weighted by atomic mass is 9.79. The van der Waals surface area contributed by atoms with Crippen molar-refractivity contribution < 1.29 is 19.2 Å². The fourth-order valence-electron chi connectivity index (χ4n) is 1.66. The molecule has 0 aliphatic rings. The van der Waals surface area contributed by atoms with E-state index in [0.717, 1.165) is 0 Å². The second-order valence-corrected chi connectivity index (χ2v) is 4.48. The molecule has 2 aromatic rings. The summed E-state index contributed by atoms with van der Waals surface area (Å²) in [4.78, 5) is 11.9. The van der Waals surface area contributed by atoms with E-state index in [1.54, 1.807) is 24.3 Å². The molecule has 7 heteroatoms. The van der Waals surface area contributed by atoms with Crippen molar-refractivity contribution in [2.75, 3.05) is 5.32 Å². The van der Waals surface area contributed by atoms with Crippen LogP contribution in [0.1, 0.15) is 10.4 Å². The van der Waals surface area contributed by atoms with Gasteiger partial charge in [-0.1, -0.05) is 23.7 Å². The summed E-state index contributed by atoms with van der Waals surface area (Å²) in [5.74, 6) is -1.65. The smallest absolute Gasteiger partial charge is 0.423 e. The number of hydrogen-bond donors (Lipinski definition) is 3. The average Bonchev–Trinajstić information content (AvgIpc) is 2.41. The van der Waals surface area contributed by atoms with Crippen molar-refractivity contribution >= 4 is 35.8 Å². The second-order valence-electron chi connectivity index (χ2n) is 4.04. The highest BCUT2D eigenvalue weighted by Gasteiger charge is 2.21. The molecule has 0 aromatic heterocycles. The molecule has 2 aromatic carbocycles. The quantitative estimate of drug-likeness (QED) is 0.750. The van der Waals surface area contributed by atoms with Crippen molar-refractivity contribution in [1.29, 1.82) is 0 Å². The van der Waals surface area contributed by atoms with Gasteiger partial charge in [0.25, 0.3) is 5.91 Å². The number of amides is 1. The Morgan fingerprint density at radius 1 is 1.15 bits per heavy atom. The molecular formula is C13H10BClFNO3. The average molecular weight is 293 g/mol. The SMILES string of the molecule is O=C(Nc1ccc(Cl)cc1)c1cccc(B(O)O)c1F. The zero-order chi connectivity index (χ0) is 14.7. The number of hydrogen-bond acceptors (Lipinski definition) is 3. The standard InChI is InChI=1S/C13H10BClFNO3/c15-8-4-6-9(7-5-8)17-13(18)10-2-1-3-11(12(10)16)14(19)20/h1-7,19-20H,(H,17,18). The first-order valence-corrected chi connectivity index (χ1v) is 6.08. The Labute approximate surface area is 120 Å². The highest BCUT2D eigenvalue weighted by atomic mass is 35.5. The second kappa shape index (κ2) is 6.05. The lowest BCUT2D eigenvalue weighted by molar-refractivity contribution is 0.102.